The predicted molar refractivity (Wildman–Crippen MR) is 160 cm³/mol. The van der Waals surface area contributed by atoms with Gasteiger partial charge in [-0.15, -0.1) is 5.10 Å². The minimum atomic E-state index is -0.0720. The lowest BCUT2D eigenvalue weighted by atomic mass is 9.96. The van der Waals surface area contributed by atoms with E-state index >= 15 is 0 Å². The number of allylic oxidation sites excluding steroid dienone is 1. The average Bonchev–Trinajstić information content (AvgIpc) is 3.35. The number of nitrogens with one attached hydrogen (secondary N) is 3. The Morgan fingerprint density at radius 1 is 1.33 bits per heavy atom. The summed E-state index contributed by atoms with van der Waals surface area (Å²) in [4.78, 5) is 8.52. The second-order valence-electron chi connectivity index (χ2n) is 9.52. The number of nitrogens with zero attached hydrogens (tertiary/aromatic N) is 4. The van der Waals surface area contributed by atoms with Crippen LogP contribution in [-0.2, 0) is 0 Å². The van der Waals surface area contributed by atoms with E-state index in [0.29, 0.717) is 55.6 Å². The quantitative estimate of drug-likeness (QED) is 0.128. The average molecular weight is 560 g/mol. The molecule has 0 bridgehead atoms. The molecule has 11 heteroatoms. The number of anilines is 1. The number of benzene rings is 1. The van der Waals surface area contributed by atoms with Crippen LogP contribution in [0.2, 0.25) is 5.02 Å². The van der Waals surface area contributed by atoms with E-state index in [0.717, 1.165) is 29.7 Å². The topological polar surface area (TPSA) is 117 Å². The number of aliphatic hydroxyl groups excluding tert-OH is 1. The molecule has 1 aliphatic rings. The fourth-order valence-corrected chi connectivity index (χ4v) is 4.52. The van der Waals surface area contributed by atoms with Gasteiger partial charge in [-0.3, -0.25) is 14.7 Å². The third-order valence-corrected chi connectivity index (χ3v) is 6.65. The smallest absolute Gasteiger partial charge is 0.256 e. The summed E-state index contributed by atoms with van der Waals surface area (Å²) < 4.78 is 13.9. The van der Waals surface area contributed by atoms with Gasteiger partial charge in [0.05, 0.1) is 23.9 Å². The minimum Gasteiger partial charge on any atom is -0.488 e. The molecule has 1 heterocycles. The van der Waals surface area contributed by atoms with Crippen molar-refractivity contribution in [2.75, 3.05) is 45.5 Å². The van der Waals surface area contributed by atoms with Crippen molar-refractivity contribution in [3.8, 4) is 11.6 Å². The molecule has 3 rings (SSSR count). The van der Waals surface area contributed by atoms with Crippen molar-refractivity contribution in [3.63, 3.8) is 0 Å². The molecule has 1 atom stereocenters. The van der Waals surface area contributed by atoms with Gasteiger partial charge in [0.25, 0.3) is 5.88 Å². The van der Waals surface area contributed by atoms with Gasteiger partial charge >= 0.3 is 0 Å². The Bertz CT molecular complexity index is 1080. The highest BCUT2D eigenvalue weighted by molar-refractivity contribution is 6.32. The summed E-state index contributed by atoms with van der Waals surface area (Å²) in [6.07, 6.45) is 11.8. The van der Waals surface area contributed by atoms with Crippen LogP contribution in [0.5, 0.6) is 11.6 Å². The van der Waals surface area contributed by atoms with E-state index in [1.807, 2.05) is 37.0 Å². The molecule has 0 saturated heterocycles. The molecule has 4 N–H and O–H groups in total. The van der Waals surface area contributed by atoms with Gasteiger partial charge in [0.1, 0.15) is 24.2 Å². The minimum absolute atomic E-state index is 0.0720. The normalized spacial score (nSPS) is 15.4. The number of halogens is 1. The molecule has 1 saturated carbocycles. The van der Waals surface area contributed by atoms with E-state index in [9.17, 15) is 0 Å². The van der Waals surface area contributed by atoms with E-state index < -0.39 is 0 Å². The van der Waals surface area contributed by atoms with E-state index in [1.54, 1.807) is 18.5 Å². The Kier molecular flexibility index (Phi) is 13.3. The van der Waals surface area contributed by atoms with Gasteiger partial charge in [0.2, 0.25) is 0 Å². The van der Waals surface area contributed by atoms with Crippen LogP contribution in [0.1, 0.15) is 57.1 Å². The molecule has 1 fully saturated rings. The molecular formula is C28H42ClN7O3. The van der Waals surface area contributed by atoms with Crippen LogP contribution in [0.15, 0.2) is 40.6 Å². The Labute approximate surface area is 236 Å². The van der Waals surface area contributed by atoms with Crippen LogP contribution in [0, 0.1) is 0 Å². The first kappa shape index (κ1) is 30.6. The monoisotopic (exact) mass is 559 g/mol. The first-order valence-electron chi connectivity index (χ1n) is 13.6. The van der Waals surface area contributed by atoms with Gasteiger partial charge in [-0.1, -0.05) is 36.9 Å². The largest absolute Gasteiger partial charge is 0.488 e. The molecule has 0 amide bonds. The zero-order valence-corrected chi connectivity index (χ0v) is 23.8. The lowest BCUT2D eigenvalue weighted by molar-refractivity contribution is 0.216. The van der Waals surface area contributed by atoms with Crippen LogP contribution in [0.25, 0.3) is 5.57 Å². The van der Waals surface area contributed by atoms with Crippen LogP contribution < -0.4 is 25.4 Å². The molecule has 39 heavy (non-hydrogen) atoms. The number of hydrogen-bond donors (Lipinski definition) is 4. The number of aromatic nitrogens is 2. The van der Waals surface area contributed by atoms with Crippen LogP contribution in [0.3, 0.4) is 0 Å². The van der Waals surface area contributed by atoms with Crippen LogP contribution in [0.4, 0.5) is 5.69 Å². The fraction of sp³-hybridized carbons (Fsp3) is 0.536. The Morgan fingerprint density at radius 2 is 2.15 bits per heavy atom. The van der Waals surface area contributed by atoms with E-state index in [2.05, 4.69) is 32.7 Å². The highest BCUT2D eigenvalue weighted by Gasteiger charge is 2.19. The number of hydrogen-bond acceptors (Lipinski definition) is 9. The van der Waals surface area contributed by atoms with Gasteiger partial charge in [-0.25, -0.2) is 0 Å². The SMILES string of the molecule is C=N/C=C(\C=N/CNc1cn(C2CCCCC2)nc1OCCCO)c1ccc(Cl)c(O[C@@H](C)CNCNC)c1. The molecule has 1 aromatic carbocycles. The Hall–Kier alpha value is -2.92. The van der Waals surface area contributed by atoms with Crippen molar-refractivity contribution in [2.24, 2.45) is 9.98 Å². The summed E-state index contributed by atoms with van der Waals surface area (Å²) >= 11 is 6.41. The van der Waals surface area contributed by atoms with Crippen molar-refractivity contribution in [2.45, 2.75) is 57.6 Å². The van der Waals surface area contributed by atoms with Gasteiger partial charge in [-0.05, 0) is 51.2 Å². The van der Waals surface area contributed by atoms with Crippen molar-refractivity contribution < 1.29 is 14.6 Å². The van der Waals surface area contributed by atoms with E-state index in [1.165, 1.54) is 19.3 Å². The van der Waals surface area contributed by atoms with Crippen molar-refractivity contribution in [1.29, 1.82) is 0 Å². The summed E-state index contributed by atoms with van der Waals surface area (Å²) in [7, 11) is 1.88. The van der Waals surface area contributed by atoms with Crippen molar-refractivity contribution in [3.05, 3.63) is 41.2 Å². The van der Waals surface area contributed by atoms with Crippen LogP contribution >= 0.6 is 11.6 Å². The lowest BCUT2D eigenvalue weighted by Crippen LogP contribution is -2.34. The van der Waals surface area contributed by atoms with Crippen LogP contribution in [-0.4, -0.2) is 74.1 Å². The number of aliphatic imine (C=N–C) groups is 2. The molecule has 1 aromatic heterocycles. The van der Waals surface area contributed by atoms with Gasteiger partial charge < -0.3 is 30.5 Å². The zero-order valence-electron chi connectivity index (χ0n) is 23.0. The van der Waals surface area contributed by atoms with Gasteiger partial charge in [0.15, 0.2) is 0 Å². The van der Waals surface area contributed by atoms with E-state index in [-0.39, 0.29) is 12.7 Å². The molecule has 10 nitrogen and oxygen atoms in total. The first-order valence-corrected chi connectivity index (χ1v) is 14.0. The standard InChI is InChI=1S/C28H42ClN7O3/c1-21(15-32-19-31-3)39-27-14-22(10-11-25(27)29)23(16-30-2)17-33-20-34-26-18-36(24-8-5-4-6-9-24)35-28(26)38-13-7-12-37/h10-11,14,16-18,21,24,31-32,34,37H,2,4-9,12-13,15,19-20H2,1,3H3/b23-16+,33-17-/t21-/m0/s1. The third kappa shape index (κ3) is 9.96. The van der Waals surface area contributed by atoms with E-state index in [4.69, 9.17) is 31.3 Å². The first-order chi connectivity index (χ1) is 19.0. The summed E-state index contributed by atoms with van der Waals surface area (Å²) in [5, 5.41) is 24.0. The zero-order chi connectivity index (χ0) is 27.9. The second kappa shape index (κ2) is 16.9. The Morgan fingerprint density at radius 3 is 2.90 bits per heavy atom. The molecule has 0 aliphatic heterocycles. The third-order valence-electron chi connectivity index (χ3n) is 6.34. The summed E-state index contributed by atoms with van der Waals surface area (Å²) in [6.45, 7) is 7.75. The highest BCUT2D eigenvalue weighted by atomic mass is 35.5. The predicted octanol–water partition coefficient (Wildman–Crippen LogP) is 4.52. The molecule has 214 valence electrons. The number of aliphatic hydroxyl groups is 1. The summed E-state index contributed by atoms with van der Waals surface area (Å²) in [6, 6.07) is 5.97. The molecule has 0 unspecified atom stereocenters. The molecular weight excluding hydrogens is 518 g/mol. The van der Waals surface area contributed by atoms with Gasteiger partial charge in [0, 0.05) is 44.2 Å². The van der Waals surface area contributed by atoms with Gasteiger partial charge in [-0.2, -0.15) is 0 Å². The molecule has 1 aliphatic carbocycles. The summed E-state index contributed by atoms with van der Waals surface area (Å²) in [5.74, 6) is 1.12. The summed E-state index contributed by atoms with van der Waals surface area (Å²) in [5.41, 5.74) is 2.41. The van der Waals surface area contributed by atoms with Crippen molar-refractivity contribution >= 4 is 35.8 Å². The number of ether oxygens (including phenoxy) is 2. The maximum atomic E-state index is 9.13. The molecule has 0 radical (unpaired) electrons. The number of rotatable bonds is 17. The molecule has 2 aromatic rings. The second-order valence-corrected chi connectivity index (χ2v) is 9.92. The highest BCUT2D eigenvalue weighted by Crippen LogP contribution is 2.32. The molecule has 0 spiro atoms. The Balaban J connectivity index is 1.67. The lowest BCUT2D eigenvalue weighted by Gasteiger charge is -2.21. The maximum Gasteiger partial charge on any atom is 0.256 e. The fourth-order valence-electron chi connectivity index (χ4n) is 4.36. The maximum absolute atomic E-state index is 9.13. The van der Waals surface area contributed by atoms with Crippen molar-refractivity contribution in [1.82, 2.24) is 20.4 Å².